The van der Waals surface area contributed by atoms with E-state index >= 15 is 0 Å². The molecule has 0 aliphatic rings. The molecule has 0 bridgehead atoms. The Labute approximate surface area is 69.0 Å². The summed E-state index contributed by atoms with van der Waals surface area (Å²) in [6, 6.07) is -0.00463. The molecule has 0 aliphatic heterocycles. The van der Waals surface area contributed by atoms with Gasteiger partial charge in [-0.25, -0.2) is 0 Å². The summed E-state index contributed by atoms with van der Waals surface area (Å²) in [5, 5.41) is 12.1. The van der Waals surface area contributed by atoms with Crippen molar-refractivity contribution in [2.45, 2.75) is 39.5 Å². The molecule has 0 aliphatic carbocycles. The molecule has 0 heterocycles. The van der Waals surface area contributed by atoms with Gasteiger partial charge in [-0.2, -0.15) is 0 Å². The van der Waals surface area contributed by atoms with E-state index in [4.69, 9.17) is 10.8 Å². The van der Waals surface area contributed by atoms with Crippen LogP contribution < -0.4 is 11.1 Å². The van der Waals surface area contributed by atoms with Crippen LogP contribution in [0.3, 0.4) is 0 Å². The molecule has 0 aromatic heterocycles. The summed E-state index contributed by atoms with van der Waals surface area (Å²) in [7, 11) is 1.81. The highest BCUT2D eigenvalue weighted by atomic mass is 16.3. The van der Waals surface area contributed by atoms with Crippen molar-refractivity contribution < 1.29 is 5.11 Å². The van der Waals surface area contributed by atoms with Crippen LogP contribution in [-0.2, 0) is 0 Å². The van der Waals surface area contributed by atoms with Crippen LogP contribution >= 0.6 is 0 Å². The molecule has 0 fully saturated rings. The van der Waals surface area contributed by atoms with Crippen molar-refractivity contribution in [2.24, 2.45) is 11.1 Å². The van der Waals surface area contributed by atoms with Crippen LogP contribution in [0, 0.1) is 5.41 Å². The van der Waals surface area contributed by atoms with Gasteiger partial charge in [-0.05, 0) is 18.9 Å². The third-order valence-corrected chi connectivity index (χ3v) is 1.62. The molecular weight excluding hydrogens is 140 g/mol. The summed E-state index contributed by atoms with van der Waals surface area (Å²) < 4.78 is 0. The van der Waals surface area contributed by atoms with Gasteiger partial charge in [-0.1, -0.05) is 20.8 Å². The molecule has 2 atom stereocenters. The number of rotatable bonds is 3. The van der Waals surface area contributed by atoms with E-state index in [-0.39, 0.29) is 11.5 Å². The Morgan fingerprint density at radius 3 is 2.00 bits per heavy atom. The van der Waals surface area contributed by atoms with Crippen molar-refractivity contribution in [1.82, 2.24) is 5.32 Å². The highest BCUT2D eigenvalue weighted by Gasteiger charge is 2.20. The number of aliphatic hydroxyl groups is 1. The third kappa shape index (κ3) is 5.18. The lowest BCUT2D eigenvalue weighted by Crippen LogP contribution is -2.45. The van der Waals surface area contributed by atoms with Crippen LogP contribution in [0.4, 0.5) is 0 Å². The maximum atomic E-state index is 9.09. The van der Waals surface area contributed by atoms with E-state index in [9.17, 15) is 0 Å². The first kappa shape index (κ1) is 10.9. The average Bonchev–Trinajstić information content (AvgIpc) is 1.80. The van der Waals surface area contributed by atoms with Crippen LogP contribution in [0.25, 0.3) is 0 Å². The summed E-state index contributed by atoms with van der Waals surface area (Å²) in [5.74, 6) is 0. The second-order valence-corrected chi connectivity index (χ2v) is 4.15. The topological polar surface area (TPSA) is 58.3 Å². The normalized spacial score (nSPS) is 18.0. The molecule has 3 nitrogen and oxygen atoms in total. The predicted octanol–water partition coefficient (Wildman–Crippen LogP) is 0.288. The van der Waals surface area contributed by atoms with Gasteiger partial charge in [0, 0.05) is 6.04 Å². The molecule has 3 heteroatoms. The summed E-state index contributed by atoms with van der Waals surface area (Å²) in [6.07, 6.45) is 0.112. The molecule has 0 spiro atoms. The van der Waals surface area contributed by atoms with E-state index in [2.05, 4.69) is 26.1 Å². The maximum absolute atomic E-state index is 9.09. The zero-order chi connectivity index (χ0) is 9.07. The molecule has 0 aromatic rings. The van der Waals surface area contributed by atoms with Gasteiger partial charge in [-0.15, -0.1) is 0 Å². The maximum Gasteiger partial charge on any atom is 0.117 e. The van der Waals surface area contributed by atoms with Gasteiger partial charge in [0.1, 0.15) is 6.23 Å². The first-order chi connectivity index (χ1) is 4.87. The predicted molar refractivity (Wildman–Crippen MR) is 47.1 cm³/mol. The molecule has 68 valence electrons. The average molecular weight is 160 g/mol. The lowest BCUT2D eigenvalue weighted by Gasteiger charge is -2.27. The molecular formula is C8H20N2O. The van der Waals surface area contributed by atoms with Gasteiger partial charge in [-0.3, -0.25) is 0 Å². The largest absolute Gasteiger partial charge is 0.377 e. The highest BCUT2D eigenvalue weighted by Crippen LogP contribution is 2.20. The third-order valence-electron chi connectivity index (χ3n) is 1.62. The molecule has 0 radical (unpaired) electrons. The fourth-order valence-electron chi connectivity index (χ4n) is 1.05. The summed E-state index contributed by atoms with van der Waals surface area (Å²) in [5.41, 5.74) is 5.55. The van der Waals surface area contributed by atoms with Crippen LogP contribution in [0.1, 0.15) is 27.2 Å². The molecule has 0 saturated carbocycles. The van der Waals surface area contributed by atoms with Gasteiger partial charge in [0.15, 0.2) is 0 Å². The Balaban J connectivity index is 3.88. The van der Waals surface area contributed by atoms with Gasteiger partial charge in [0.2, 0.25) is 0 Å². The minimum absolute atomic E-state index is 0.00463. The summed E-state index contributed by atoms with van der Waals surface area (Å²) in [6.45, 7) is 6.37. The minimum Gasteiger partial charge on any atom is -0.377 e. The van der Waals surface area contributed by atoms with Crippen LogP contribution in [0.5, 0.6) is 0 Å². The van der Waals surface area contributed by atoms with Crippen molar-refractivity contribution in [1.29, 1.82) is 0 Å². The lowest BCUT2D eigenvalue weighted by molar-refractivity contribution is 0.113. The summed E-state index contributed by atoms with van der Waals surface area (Å²) in [4.78, 5) is 0. The van der Waals surface area contributed by atoms with Crippen LogP contribution in [0.2, 0.25) is 0 Å². The Hall–Kier alpha value is -0.120. The zero-order valence-electron chi connectivity index (χ0n) is 7.89. The quantitative estimate of drug-likeness (QED) is 0.520. The molecule has 0 amide bonds. The van der Waals surface area contributed by atoms with E-state index in [1.54, 1.807) is 0 Å². The van der Waals surface area contributed by atoms with E-state index in [1.165, 1.54) is 0 Å². The van der Waals surface area contributed by atoms with Crippen molar-refractivity contribution in [2.75, 3.05) is 7.05 Å². The fourth-order valence-corrected chi connectivity index (χ4v) is 1.05. The Bertz CT molecular complexity index is 107. The molecule has 1 unspecified atom stereocenters. The van der Waals surface area contributed by atoms with E-state index < -0.39 is 6.23 Å². The molecule has 0 aromatic carbocycles. The first-order valence-corrected chi connectivity index (χ1v) is 3.98. The van der Waals surface area contributed by atoms with Crippen molar-refractivity contribution in [3.8, 4) is 0 Å². The second kappa shape index (κ2) is 4.04. The zero-order valence-corrected chi connectivity index (χ0v) is 7.89. The van der Waals surface area contributed by atoms with Gasteiger partial charge in [0.05, 0.1) is 0 Å². The lowest BCUT2D eigenvalue weighted by atomic mass is 9.87. The second-order valence-electron chi connectivity index (χ2n) is 4.15. The SMILES string of the molecule is CNC(CC(C)(C)C)[C@@H](N)O. The smallest absolute Gasteiger partial charge is 0.117 e. The van der Waals surface area contributed by atoms with E-state index in [0.717, 1.165) is 6.42 Å². The number of nitrogens with one attached hydrogen (secondary N) is 1. The standard InChI is InChI=1S/C8H20N2O/c1-8(2,3)5-6(10-4)7(9)11/h6-7,10-11H,5,9H2,1-4H3/t6?,7-/m0/s1. The minimum atomic E-state index is -0.765. The first-order valence-electron chi connectivity index (χ1n) is 3.98. The molecule has 0 saturated heterocycles. The van der Waals surface area contributed by atoms with Crippen molar-refractivity contribution in [3.63, 3.8) is 0 Å². The number of aliphatic hydroxyl groups excluding tert-OH is 1. The highest BCUT2D eigenvalue weighted by molar-refractivity contribution is 4.76. The van der Waals surface area contributed by atoms with E-state index in [1.807, 2.05) is 7.05 Å². The Morgan fingerprint density at radius 1 is 1.45 bits per heavy atom. The number of hydrogen-bond donors (Lipinski definition) is 3. The van der Waals surface area contributed by atoms with Gasteiger partial charge < -0.3 is 16.2 Å². The fraction of sp³-hybridized carbons (Fsp3) is 1.00. The number of likely N-dealkylation sites (N-methyl/N-ethyl adjacent to an activating group) is 1. The van der Waals surface area contributed by atoms with Crippen LogP contribution in [0.15, 0.2) is 0 Å². The molecule has 11 heavy (non-hydrogen) atoms. The molecule has 0 rings (SSSR count). The van der Waals surface area contributed by atoms with Crippen molar-refractivity contribution in [3.05, 3.63) is 0 Å². The Kier molecular flexibility index (Phi) is 4.00. The van der Waals surface area contributed by atoms with Crippen LogP contribution in [-0.4, -0.2) is 24.4 Å². The molecule has 4 N–H and O–H groups in total. The van der Waals surface area contributed by atoms with Crippen molar-refractivity contribution >= 4 is 0 Å². The number of hydrogen-bond acceptors (Lipinski definition) is 3. The summed E-state index contributed by atoms with van der Waals surface area (Å²) >= 11 is 0. The van der Waals surface area contributed by atoms with E-state index in [0.29, 0.717) is 0 Å². The van der Waals surface area contributed by atoms with Gasteiger partial charge in [0.25, 0.3) is 0 Å². The monoisotopic (exact) mass is 160 g/mol. The Morgan fingerprint density at radius 2 is 1.91 bits per heavy atom. The van der Waals surface area contributed by atoms with Gasteiger partial charge >= 0.3 is 0 Å². The number of nitrogens with two attached hydrogens (primary N) is 1.